The van der Waals surface area contributed by atoms with Crippen LogP contribution in [-0.4, -0.2) is 48.4 Å². The van der Waals surface area contributed by atoms with Crippen LogP contribution in [0.2, 0.25) is 0 Å². The van der Waals surface area contributed by atoms with Crippen LogP contribution in [0.25, 0.3) is 0 Å². The third-order valence-corrected chi connectivity index (χ3v) is 9.06. The maximum atomic E-state index is 13.6. The highest BCUT2D eigenvalue weighted by molar-refractivity contribution is 5.78. The molecule has 1 saturated heterocycles. The summed E-state index contributed by atoms with van der Waals surface area (Å²) in [5.74, 6) is 1.59. The molecule has 1 aliphatic heterocycles. The second-order valence-corrected chi connectivity index (χ2v) is 12.4. The first-order chi connectivity index (χ1) is 18.1. The van der Waals surface area contributed by atoms with E-state index >= 15 is 0 Å². The van der Waals surface area contributed by atoms with Crippen LogP contribution in [0.15, 0.2) is 0 Å². The monoisotopic (exact) mass is 521 g/mol. The number of unbranched alkanes of at least 4 members (excludes halogenated alkanes) is 12. The molecule has 0 N–H and O–H groups in total. The molecule has 1 fully saturated rings. The van der Waals surface area contributed by atoms with Crippen LogP contribution in [0.5, 0.6) is 0 Å². The Hall–Kier alpha value is -0.570. The maximum Gasteiger partial charge on any atom is 0.225 e. The molecule has 1 heterocycles. The Morgan fingerprint density at radius 2 is 1.05 bits per heavy atom. The van der Waals surface area contributed by atoms with Crippen molar-refractivity contribution in [2.24, 2.45) is 11.8 Å². The number of amides is 1. The molecule has 1 rings (SSSR count). The first kappa shape index (κ1) is 34.5. The van der Waals surface area contributed by atoms with Gasteiger partial charge in [0.1, 0.15) is 0 Å². The molecule has 0 spiro atoms. The van der Waals surface area contributed by atoms with Gasteiger partial charge in [-0.1, -0.05) is 130 Å². The van der Waals surface area contributed by atoms with Gasteiger partial charge in [0.15, 0.2) is 0 Å². The fraction of sp³-hybridized carbons (Fsp3) is 0.971. The maximum absolute atomic E-state index is 13.6. The molecule has 0 aromatic heterocycles. The number of hydrogen-bond donors (Lipinski definition) is 0. The van der Waals surface area contributed by atoms with Crippen molar-refractivity contribution in [2.75, 3.05) is 26.7 Å². The summed E-state index contributed by atoms with van der Waals surface area (Å²) in [4.78, 5) is 18.5. The van der Waals surface area contributed by atoms with Gasteiger partial charge in [-0.25, -0.2) is 0 Å². The Morgan fingerprint density at radius 1 is 0.649 bits per heavy atom. The Labute approximate surface area is 233 Å². The smallest absolute Gasteiger partial charge is 0.225 e. The van der Waals surface area contributed by atoms with Gasteiger partial charge in [0.25, 0.3) is 0 Å². The van der Waals surface area contributed by atoms with Gasteiger partial charge in [0, 0.05) is 38.6 Å². The van der Waals surface area contributed by atoms with Crippen molar-refractivity contribution in [3.63, 3.8) is 0 Å². The lowest BCUT2D eigenvalue weighted by Crippen LogP contribution is -2.48. The number of nitrogens with zero attached hydrogens (tertiary/aromatic N) is 2. The minimum Gasteiger partial charge on any atom is -0.342 e. The minimum atomic E-state index is 0.257. The predicted molar refractivity (Wildman–Crippen MR) is 164 cm³/mol. The zero-order chi connectivity index (χ0) is 27.1. The predicted octanol–water partition coefficient (Wildman–Crippen LogP) is 10.0. The molecule has 3 nitrogen and oxygen atoms in total. The Bertz CT molecular complexity index is 490. The number of rotatable bonds is 24. The van der Waals surface area contributed by atoms with Gasteiger partial charge in [-0.3, -0.25) is 4.79 Å². The van der Waals surface area contributed by atoms with Gasteiger partial charge in [0.05, 0.1) is 0 Å². The molecule has 0 bridgehead atoms. The molecular weight excluding hydrogens is 452 g/mol. The van der Waals surface area contributed by atoms with Crippen LogP contribution in [0.3, 0.4) is 0 Å². The number of hydrogen-bond acceptors (Lipinski definition) is 2. The highest BCUT2D eigenvalue weighted by Gasteiger charge is 2.29. The lowest BCUT2D eigenvalue weighted by molar-refractivity contribution is -0.137. The van der Waals surface area contributed by atoms with Gasteiger partial charge < -0.3 is 9.80 Å². The molecule has 0 aliphatic carbocycles. The molecule has 37 heavy (non-hydrogen) atoms. The van der Waals surface area contributed by atoms with E-state index in [2.05, 4.69) is 44.5 Å². The van der Waals surface area contributed by atoms with E-state index in [4.69, 9.17) is 0 Å². The van der Waals surface area contributed by atoms with Crippen LogP contribution in [0, 0.1) is 11.8 Å². The second-order valence-electron chi connectivity index (χ2n) is 12.4. The molecule has 0 radical (unpaired) electrons. The van der Waals surface area contributed by atoms with E-state index in [0.29, 0.717) is 11.9 Å². The van der Waals surface area contributed by atoms with Crippen molar-refractivity contribution in [3.05, 3.63) is 0 Å². The summed E-state index contributed by atoms with van der Waals surface area (Å²) in [6.07, 6.45) is 28.7. The SMILES string of the molecule is CCCCCCC(CCCCCC)CN1CCC(N(C)C(=O)C(CCCCCC)CCCCCC)CC1. The molecule has 3 heteroatoms. The van der Waals surface area contributed by atoms with Crippen molar-refractivity contribution in [1.82, 2.24) is 9.80 Å². The van der Waals surface area contributed by atoms with E-state index in [1.807, 2.05) is 0 Å². The van der Waals surface area contributed by atoms with E-state index < -0.39 is 0 Å². The molecule has 0 aromatic rings. The number of carbonyl (C=O) groups is 1. The van der Waals surface area contributed by atoms with E-state index in [0.717, 1.165) is 18.8 Å². The van der Waals surface area contributed by atoms with Crippen molar-refractivity contribution in [3.8, 4) is 0 Å². The zero-order valence-corrected chi connectivity index (χ0v) is 26.2. The van der Waals surface area contributed by atoms with Gasteiger partial charge in [-0.05, 0) is 44.4 Å². The topological polar surface area (TPSA) is 23.6 Å². The Kier molecular flexibility index (Phi) is 21.7. The summed E-state index contributed by atoms with van der Waals surface area (Å²) in [7, 11) is 2.12. The molecule has 0 aromatic carbocycles. The Morgan fingerprint density at radius 3 is 1.46 bits per heavy atom. The number of piperidine rings is 1. The summed E-state index contributed by atoms with van der Waals surface area (Å²) < 4.78 is 0. The third kappa shape index (κ3) is 16.2. The van der Waals surface area contributed by atoms with Gasteiger partial charge in [-0.2, -0.15) is 0 Å². The summed E-state index contributed by atoms with van der Waals surface area (Å²) >= 11 is 0. The minimum absolute atomic E-state index is 0.257. The molecule has 1 aliphatic rings. The summed E-state index contributed by atoms with van der Waals surface area (Å²) in [5, 5.41) is 0. The lowest BCUT2D eigenvalue weighted by atomic mass is 9.91. The fourth-order valence-corrected chi connectivity index (χ4v) is 6.40. The van der Waals surface area contributed by atoms with E-state index in [-0.39, 0.29) is 5.92 Å². The average Bonchev–Trinajstić information content (AvgIpc) is 2.92. The van der Waals surface area contributed by atoms with Crippen molar-refractivity contribution < 1.29 is 4.79 Å². The second kappa shape index (κ2) is 23.3. The van der Waals surface area contributed by atoms with Crippen LogP contribution in [0.1, 0.15) is 169 Å². The van der Waals surface area contributed by atoms with Gasteiger partial charge in [0.2, 0.25) is 5.91 Å². The van der Waals surface area contributed by atoms with Crippen LogP contribution < -0.4 is 0 Å². The summed E-state index contributed by atoms with van der Waals surface area (Å²) in [5.41, 5.74) is 0. The zero-order valence-electron chi connectivity index (χ0n) is 26.2. The fourth-order valence-electron chi connectivity index (χ4n) is 6.40. The first-order valence-corrected chi connectivity index (χ1v) is 17.1. The van der Waals surface area contributed by atoms with Gasteiger partial charge in [-0.15, -0.1) is 0 Å². The molecule has 0 atom stereocenters. The standard InChI is InChI=1S/C34H68N2O/c1-6-10-14-18-22-31(23-19-15-11-7-2)30-36-28-26-33(27-29-36)35(5)34(37)32(24-20-16-12-8-3)25-21-17-13-9-4/h31-33H,6-30H2,1-5H3. The molecule has 0 saturated carbocycles. The normalized spacial score (nSPS) is 15.2. The number of likely N-dealkylation sites (tertiary alicyclic amines) is 1. The summed E-state index contributed by atoms with van der Waals surface area (Å²) in [6.45, 7) is 12.8. The third-order valence-electron chi connectivity index (χ3n) is 9.06. The molecular formula is C34H68N2O. The van der Waals surface area contributed by atoms with E-state index in [1.54, 1.807) is 0 Å². The number of carbonyl (C=O) groups excluding carboxylic acids is 1. The highest BCUT2D eigenvalue weighted by Crippen LogP contribution is 2.26. The van der Waals surface area contributed by atoms with E-state index in [9.17, 15) is 4.79 Å². The molecule has 1 amide bonds. The Balaban J connectivity index is 2.54. The van der Waals surface area contributed by atoms with Crippen LogP contribution in [-0.2, 0) is 4.79 Å². The lowest BCUT2D eigenvalue weighted by Gasteiger charge is -2.39. The van der Waals surface area contributed by atoms with E-state index in [1.165, 1.54) is 148 Å². The average molecular weight is 521 g/mol. The van der Waals surface area contributed by atoms with Crippen LogP contribution in [0.4, 0.5) is 0 Å². The van der Waals surface area contributed by atoms with Crippen LogP contribution >= 0.6 is 0 Å². The van der Waals surface area contributed by atoms with Crippen molar-refractivity contribution in [2.45, 2.75) is 175 Å². The first-order valence-electron chi connectivity index (χ1n) is 17.1. The van der Waals surface area contributed by atoms with Crippen molar-refractivity contribution in [1.29, 1.82) is 0 Å². The molecule has 0 unspecified atom stereocenters. The molecule has 220 valence electrons. The quantitative estimate of drug-likeness (QED) is 0.118. The highest BCUT2D eigenvalue weighted by atomic mass is 16.2. The summed E-state index contributed by atoms with van der Waals surface area (Å²) in [6, 6.07) is 0.449. The van der Waals surface area contributed by atoms with Gasteiger partial charge >= 0.3 is 0 Å². The largest absolute Gasteiger partial charge is 0.342 e. The van der Waals surface area contributed by atoms with Crippen molar-refractivity contribution >= 4 is 5.91 Å².